The summed E-state index contributed by atoms with van der Waals surface area (Å²) in [5.41, 5.74) is 0.554. The molecule has 2 aromatic heterocycles. The van der Waals surface area contributed by atoms with Gasteiger partial charge in [-0.05, 0) is 38.0 Å². The normalized spacial score (nSPS) is 14.9. The molecule has 0 bridgehead atoms. The number of aromatic nitrogens is 3. The van der Waals surface area contributed by atoms with Crippen LogP contribution < -0.4 is 10.9 Å². The molecule has 9 heteroatoms. The van der Waals surface area contributed by atoms with E-state index in [2.05, 4.69) is 10.5 Å². The molecule has 0 unspecified atom stereocenters. The van der Waals surface area contributed by atoms with Gasteiger partial charge in [-0.25, -0.2) is 4.98 Å². The van der Waals surface area contributed by atoms with E-state index in [9.17, 15) is 9.59 Å². The summed E-state index contributed by atoms with van der Waals surface area (Å²) in [6.45, 7) is 1.76. The number of amides is 1. The van der Waals surface area contributed by atoms with E-state index in [1.807, 2.05) is 4.57 Å². The third kappa shape index (κ3) is 4.70. The van der Waals surface area contributed by atoms with E-state index in [0.29, 0.717) is 38.4 Å². The molecule has 1 saturated carbocycles. The van der Waals surface area contributed by atoms with Gasteiger partial charge in [-0.3, -0.25) is 14.2 Å². The zero-order chi connectivity index (χ0) is 21.1. The molecule has 0 aliphatic heterocycles. The van der Waals surface area contributed by atoms with Crippen molar-refractivity contribution in [3.63, 3.8) is 0 Å². The smallest absolute Gasteiger partial charge is 0.262 e. The molecule has 4 rings (SSSR count). The van der Waals surface area contributed by atoms with Crippen LogP contribution in [0.3, 0.4) is 0 Å². The number of nitrogens with zero attached hydrogens (tertiary/aromatic N) is 3. The first-order valence-electron chi connectivity index (χ1n) is 10.1. The van der Waals surface area contributed by atoms with Gasteiger partial charge in [0.15, 0.2) is 11.0 Å². The van der Waals surface area contributed by atoms with Crippen LogP contribution in [-0.4, -0.2) is 26.4 Å². The first kappa shape index (κ1) is 20.9. The molecule has 3 aromatic rings. The van der Waals surface area contributed by atoms with Crippen molar-refractivity contribution in [2.24, 2.45) is 0 Å². The fourth-order valence-corrected chi connectivity index (χ4v) is 4.95. The van der Waals surface area contributed by atoms with E-state index in [1.165, 1.54) is 18.2 Å². The summed E-state index contributed by atoms with van der Waals surface area (Å²) in [7, 11) is 0. The minimum atomic E-state index is -0.161. The number of halogens is 1. The van der Waals surface area contributed by atoms with Crippen LogP contribution in [-0.2, 0) is 4.79 Å². The van der Waals surface area contributed by atoms with Gasteiger partial charge >= 0.3 is 0 Å². The number of aryl methyl sites for hydroxylation is 1. The second-order valence-electron chi connectivity index (χ2n) is 7.49. The highest BCUT2D eigenvalue weighted by Crippen LogP contribution is 2.31. The number of carbonyl (C=O) groups is 1. The van der Waals surface area contributed by atoms with Gasteiger partial charge in [0.2, 0.25) is 5.91 Å². The van der Waals surface area contributed by atoms with Crippen molar-refractivity contribution in [1.29, 1.82) is 0 Å². The summed E-state index contributed by atoms with van der Waals surface area (Å²) >= 11 is 7.54. The number of rotatable bonds is 6. The molecule has 2 heterocycles. The molecule has 1 N–H and O–H groups in total. The minimum Gasteiger partial charge on any atom is -0.360 e. The van der Waals surface area contributed by atoms with Crippen LogP contribution in [0.25, 0.3) is 10.9 Å². The summed E-state index contributed by atoms with van der Waals surface area (Å²) in [5.74, 6) is 1.37. The molecule has 1 amide bonds. The van der Waals surface area contributed by atoms with Crippen molar-refractivity contribution in [2.75, 3.05) is 11.1 Å². The summed E-state index contributed by atoms with van der Waals surface area (Å²) in [6, 6.07) is 7.00. The van der Waals surface area contributed by atoms with E-state index in [1.54, 1.807) is 31.2 Å². The van der Waals surface area contributed by atoms with Crippen molar-refractivity contribution in [3.05, 3.63) is 45.4 Å². The fourth-order valence-electron chi connectivity index (χ4n) is 3.78. The first-order chi connectivity index (χ1) is 14.5. The monoisotopic (exact) mass is 446 g/mol. The van der Waals surface area contributed by atoms with Crippen LogP contribution in [0.4, 0.5) is 5.82 Å². The van der Waals surface area contributed by atoms with E-state index >= 15 is 0 Å². The molecule has 7 nitrogen and oxygen atoms in total. The van der Waals surface area contributed by atoms with Gasteiger partial charge in [-0.1, -0.05) is 47.8 Å². The summed E-state index contributed by atoms with van der Waals surface area (Å²) < 4.78 is 6.79. The maximum atomic E-state index is 13.3. The predicted octanol–water partition coefficient (Wildman–Crippen LogP) is 4.97. The molecule has 1 aromatic carbocycles. The summed E-state index contributed by atoms with van der Waals surface area (Å²) in [4.78, 5) is 30.2. The second-order valence-corrected chi connectivity index (χ2v) is 8.99. The molecule has 0 radical (unpaired) electrons. The highest BCUT2D eigenvalue weighted by Gasteiger charge is 2.22. The molecule has 1 fully saturated rings. The maximum absolute atomic E-state index is 13.3. The van der Waals surface area contributed by atoms with E-state index in [4.69, 9.17) is 21.1 Å². The van der Waals surface area contributed by atoms with Gasteiger partial charge in [0.1, 0.15) is 5.76 Å². The van der Waals surface area contributed by atoms with Gasteiger partial charge in [-0.15, -0.1) is 0 Å². The van der Waals surface area contributed by atoms with Crippen LogP contribution >= 0.6 is 23.4 Å². The van der Waals surface area contributed by atoms with E-state index in [-0.39, 0.29) is 23.9 Å². The Labute approximate surface area is 183 Å². The van der Waals surface area contributed by atoms with Crippen molar-refractivity contribution < 1.29 is 9.32 Å². The first-order valence-corrected chi connectivity index (χ1v) is 11.5. The number of fused-ring (bicyclic) bond motifs is 1. The van der Waals surface area contributed by atoms with Crippen LogP contribution in [0.15, 0.2) is 38.7 Å². The molecule has 158 valence electrons. The Morgan fingerprint density at radius 3 is 2.83 bits per heavy atom. The van der Waals surface area contributed by atoms with Crippen molar-refractivity contribution >= 4 is 46.0 Å². The quantitative estimate of drug-likeness (QED) is 0.424. The SMILES string of the molecule is Cc1cc(NC(=O)CCSc2nc3cc(Cl)ccc3c(=O)n2C2CCCCC2)no1. The third-order valence-electron chi connectivity index (χ3n) is 5.23. The number of thioether (sulfide) groups is 1. The fraction of sp³-hybridized carbons (Fsp3) is 0.429. The van der Waals surface area contributed by atoms with Gasteiger partial charge < -0.3 is 9.84 Å². The Morgan fingerprint density at radius 1 is 1.30 bits per heavy atom. The topological polar surface area (TPSA) is 90.0 Å². The molecule has 0 saturated heterocycles. The highest BCUT2D eigenvalue weighted by molar-refractivity contribution is 7.99. The number of benzene rings is 1. The molecular weight excluding hydrogens is 424 g/mol. The van der Waals surface area contributed by atoms with E-state index < -0.39 is 0 Å². The minimum absolute atomic E-state index is 0.0337. The number of carbonyl (C=O) groups excluding carboxylic acids is 1. The number of hydrogen-bond donors (Lipinski definition) is 1. The largest absolute Gasteiger partial charge is 0.360 e. The lowest BCUT2D eigenvalue weighted by molar-refractivity contribution is -0.115. The number of nitrogens with one attached hydrogen (secondary N) is 1. The zero-order valence-electron chi connectivity index (χ0n) is 16.7. The molecule has 1 aliphatic carbocycles. The average Bonchev–Trinajstić information content (AvgIpc) is 3.13. The molecule has 0 atom stereocenters. The van der Waals surface area contributed by atoms with Crippen LogP contribution in [0, 0.1) is 6.92 Å². The van der Waals surface area contributed by atoms with Crippen LogP contribution in [0.5, 0.6) is 0 Å². The maximum Gasteiger partial charge on any atom is 0.262 e. The highest BCUT2D eigenvalue weighted by atomic mass is 35.5. The molecular formula is C21H23ClN4O3S. The van der Waals surface area contributed by atoms with Gasteiger partial charge in [0, 0.05) is 29.3 Å². The van der Waals surface area contributed by atoms with Gasteiger partial charge in [0.05, 0.1) is 10.9 Å². The van der Waals surface area contributed by atoms with Crippen molar-refractivity contribution in [2.45, 2.75) is 56.6 Å². The average molecular weight is 447 g/mol. The third-order valence-corrected chi connectivity index (χ3v) is 6.42. The Bertz CT molecular complexity index is 1120. The standard InChI is InChI=1S/C21H23ClN4O3S/c1-13-11-18(25-29-13)24-19(27)9-10-30-21-23-17-12-14(22)7-8-16(17)20(28)26(21)15-5-3-2-4-6-15/h7-8,11-12,15H,2-6,9-10H2,1H3,(H,24,25,27). The Morgan fingerprint density at radius 2 is 2.10 bits per heavy atom. The van der Waals surface area contributed by atoms with Crippen LogP contribution in [0.2, 0.25) is 5.02 Å². The number of hydrogen-bond acceptors (Lipinski definition) is 6. The summed E-state index contributed by atoms with van der Waals surface area (Å²) in [6.07, 6.45) is 5.63. The molecule has 30 heavy (non-hydrogen) atoms. The van der Waals surface area contributed by atoms with Gasteiger partial charge in [-0.2, -0.15) is 0 Å². The Balaban J connectivity index is 1.55. The Hall–Kier alpha value is -2.32. The van der Waals surface area contributed by atoms with E-state index in [0.717, 1.165) is 25.7 Å². The van der Waals surface area contributed by atoms with Crippen LogP contribution in [0.1, 0.15) is 50.3 Å². The molecule has 0 spiro atoms. The lowest BCUT2D eigenvalue weighted by atomic mass is 9.95. The van der Waals surface area contributed by atoms with Crippen molar-refractivity contribution in [3.8, 4) is 0 Å². The molecule has 1 aliphatic rings. The predicted molar refractivity (Wildman–Crippen MR) is 118 cm³/mol. The van der Waals surface area contributed by atoms with Crippen molar-refractivity contribution in [1.82, 2.24) is 14.7 Å². The number of anilines is 1. The lowest BCUT2D eigenvalue weighted by Gasteiger charge is -2.26. The Kier molecular flexibility index (Phi) is 6.43. The zero-order valence-corrected chi connectivity index (χ0v) is 18.3. The second kappa shape index (κ2) is 9.22. The summed E-state index contributed by atoms with van der Waals surface area (Å²) in [5, 5.41) is 8.25. The van der Waals surface area contributed by atoms with Gasteiger partial charge in [0.25, 0.3) is 5.56 Å². The lowest BCUT2D eigenvalue weighted by Crippen LogP contribution is -2.29.